The van der Waals surface area contributed by atoms with Crippen LogP contribution in [0.3, 0.4) is 0 Å². The third-order valence-electron chi connectivity index (χ3n) is 1.51. The second-order valence-corrected chi connectivity index (χ2v) is 2.47. The summed E-state index contributed by atoms with van der Waals surface area (Å²) in [5, 5.41) is 8.77. The molecule has 1 aromatic carbocycles. The Balaban J connectivity index is 2.78. The zero-order chi connectivity index (χ0) is 9.68. The van der Waals surface area contributed by atoms with Crippen molar-refractivity contribution in [2.24, 2.45) is 0 Å². The molecule has 72 valence electrons. The van der Waals surface area contributed by atoms with E-state index in [2.05, 4.69) is 4.74 Å². The van der Waals surface area contributed by atoms with Gasteiger partial charge in [0.25, 0.3) is 0 Å². The summed E-state index contributed by atoms with van der Waals surface area (Å²) in [6, 6.07) is 4.18. The van der Waals surface area contributed by atoms with E-state index >= 15 is 0 Å². The molecule has 13 heavy (non-hydrogen) atoms. The SMILES string of the molecule is COCOc1cc(CO)ccc1F. The topological polar surface area (TPSA) is 38.7 Å². The maximum Gasteiger partial charge on any atom is 0.188 e. The Labute approximate surface area is 75.7 Å². The van der Waals surface area contributed by atoms with Crippen LogP contribution in [0, 0.1) is 5.82 Å². The van der Waals surface area contributed by atoms with E-state index in [0.29, 0.717) is 5.56 Å². The first-order valence-corrected chi connectivity index (χ1v) is 3.79. The van der Waals surface area contributed by atoms with E-state index in [4.69, 9.17) is 9.84 Å². The predicted molar refractivity (Wildman–Crippen MR) is 44.8 cm³/mol. The van der Waals surface area contributed by atoms with Crippen molar-refractivity contribution in [1.82, 2.24) is 0 Å². The maximum absolute atomic E-state index is 13.0. The highest BCUT2D eigenvalue weighted by Crippen LogP contribution is 2.18. The number of methoxy groups -OCH3 is 1. The van der Waals surface area contributed by atoms with Gasteiger partial charge in [0, 0.05) is 7.11 Å². The maximum atomic E-state index is 13.0. The molecule has 0 heterocycles. The third kappa shape index (κ3) is 2.68. The largest absolute Gasteiger partial charge is 0.464 e. The summed E-state index contributed by atoms with van der Waals surface area (Å²) < 4.78 is 22.5. The Hall–Kier alpha value is -1.13. The lowest BCUT2D eigenvalue weighted by molar-refractivity contribution is 0.0481. The number of benzene rings is 1. The van der Waals surface area contributed by atoms with Crippen molar-refractivity contribution in [2.45, 2.75) is 6.61 Å². The fraction of sp³-hybridized carbons (Fsp3) is 0.333. The molecular formula is C9H11FO3. The summed E-state index contributed by atoms with van der Waals surface area (Å²) in [5.74, 6) is -0.373. The van der Waals surface area contributed by atoms with Crippen LogP contribution in [-0.4, -0.2) is 19.0 Å². The van der Waals surface area contributed by atoms with Crippen LogP contribution in [0.2, 0.25) is 0 Å². The molecule has 0 aliphatic carbocycles. The molecule has 0 radical (unpaired) electrons. The lowest BCUT2D eigenvalue weighted by Crippen LogP contribution is -2.01. The molecule has 0 fully saturated rings. The minimum atomic E-state index is -0.464. The minimum absolute atomic E-state index is 0.00813. The molecule has 1 aromatic rings. The molecular weight excluding hydrogens is 175 g/mol. The molecule has 0 saturated heterocycles. The number of aliphatic hydroxyl groups excluding tert-OH is 1. The van der Waals surface area contributed by atoms with Crippen LogP contribution in [0.25, 0.3) is 0 Å². The summed E-state index contributed by atoms with van der Waals surface area (Å²) in [6.07, 6.45) is 0. The lowest BCUT2D eigenvalue weighted by Gasteiger charge is -2.06. The third-order valence-corrected chi connectivity index (χ3v) is 1.51. The highest BCUT2D eigenvalue weighted by Gasteiger charge is 2.03. The number of hydrogen-bond donors (Lipinski definition) is 1. The summed E-state index contributed by atoms with van der Waals surface area (Å²) in [5.41, 5.74) is 0.604. The fourth-order valence-electron chi connectivity index (χ4n) is 0.879. The van der Waals surface area contributed by atoms with Gasteiger partial charge in [-0.2, -0.15) is 0 Å². The Bertz CT molecular complexity index is 276. The number of hydrogen-bond acceptors (Lipinski definition) is 3. The molecule has 0 spiro atoms. The van der Waals surface area contributed by atoms with Gasteiger partial charge in [-0.1, -0.05) is 6.07 Å². The van der Waals surface area contributed by atoms with Gasteiger partial charge in [0.1, 0.15) is 0 Å². The van der Waals surface area contributed by atoms with E-state index in [0.717, 1.165) is 0 Å². The molecule has 0 aromatic heterocycles. The summed E-state index contributed by atoms with van der Waals surface area (Å²) in [4.78, 5) is 0. The monoisotopic (exact) mass is 186 g/mol. The van der Waals surface area contributed by atoms with Crippen molar-refractivity contribution in [3.05, 3.63) is 29.6 Å². The molecule has 0 atom stereocenters. The molecule has 1 N–H and O–H groups in total. The molecule has 3 nitrogen and oxygen atoms in total. The van der Waals surface area contributed by atoms with E-state index in [9.17, 15) is 4.39 Å². The average Bonchev–Trinajstić information content (AvgIpc) is 2.17. The normalized spacial score (nSPS) is 10.1. The van der Waals surface area contributed by atoms with Gasteiger partial charge in [-0.15, -0.1) is 0 Å². The Morgan fingerprint density at radius 2 is 2.23 bits per heavy atom. The van der Waals surface area contributed by atoms with Crippen molar-refractivity contribution in [2.75, 3.05) is 13.9 Å². The van der Waals surface area contributed by atoms with Crippen LogP contribution >= 0.6 is 0 Å². The lowest BCUT2D eigenvalue weighted by atomic mass is 10.2. The van der Waals surface area contributed by atoms with Crippen molar-refractivity contribution < 1.29 is 19.0 Å². The van der Waals surface area contributed by atoms with Gasteiger partial charge in [-0.3, -0.25) is 0 Å². The smallest absolute Gasteiger partial charge is 0.188 e. The molecule has 4 heteroatoms. The quantitative estimate of drug-likeness (QED) is 0.720. The summed E-state index contributed by atoms with van der Waals surface area (Å²) >= 11 is 0. The van der Waals surface area contributed by atoms with Crippen molar-refractivity contribution in [3.63, 3.8) is 0 Å². The first-order valence-electron chi connectivity index (χ1n) is 3.79. The molecule has 1 rings (SSSR count). The van der Waals surface area contributed by atoms with Crippen molar-refractivity contribution in [1.29, 1.82) is 0 Å². The first-order chi connectivity index (χ1) is 6.27. The molecule has 0 bridgehead atoms. The summed E-state index contributed by atoms with van der Waals surface area (Å²) in [7, 11) is 1.45. The van der Waals surface area contributed by atoms with E-state index in [-0.39, 0.29) is 19.1 Å². The van der Waals surface area contributed by atoms with Gasteiger partial charge >= 0.3 is 0 Å². The van der Waals surface area contributed by atoms with Gasteiger partial charge < -0.3 is 14.6 Å². The van der Waals surface area contributed by atoms with Crippen molar-refractivity contribution in [3.8, 4) is 5.75 Å². The Morgan fingerprint density at radius 3 is 2.85 bits per heavy atom. The van der Waals surface area contributed by atoms with Crippen LogP contribution in [0.1, 0.15) is 5.56 Å². The fourth-order valence-corrected chi connectivity index (χ4v) is 0.879. The minimum Gasteiger partial charge on any atom is -0.464 e. The van der Waals surface area contributed by atoms with E-state index < -0.39 is 5.82 Å². The van der Waals surface area contributed by atoms with Crippen LogP contribution in [0.4, 0.5) is 4.39 Å². The van der Waals surface area contributed by atoms with E-state index in [1.165, 1.54) is 25.3 Å². The standard InChI is InChI=1S/C9H11FO3/c1-12-6-13-9-4-7(5-11)2-3-8(9)10/h2-4,11H,5-6H2,1H3. The number of ether oxygens (including phenoxy) is 2. The van der Waals surface area contributed by atoms with Crippen LogP contribution < -0.4 is 4.74 Å². The predicted octanol–water partition coefficient (Wildman–Crippen LogP) is 1.30. The number of aliphatic hydroxyl groups is 1. The second-order valence-electron chi connectivity index (χ2n) is 2.47. The van der Waals surface area contributed by atoms with Gasteiger partial charge in [-0.25, -0.2) is 4.39 Å². The Kier molecular flexibility index (Phi) is 3.67. The van der Waals surface area contributed by atoms with Crippen molar-refractivity contribution >= 4 is 0 Å². The molecule has 0 amide bonds. The zero-order valence-electron chi connectivity index (χ0n) is 7.29. The van der Waals surface area contributed by atoms with Gasteiger partial charge in [-0.05, 0) is 17.7 Å². The zero-order valence-corrected chi connectivity index (χ0v) is 7.29. The Morgan fingerprint density at radius 1 is 1.46 bits per heavy atom. The van der Waals surface area contributed by atoms with Gasteiger partial charge in [0.15, 0.2) is 18.4 Å². The second kappa shape index (κ2) is 4.79. The van der Waals surface area contributed by atoms with Crippen LogP contribution in [-0.2, 0) is 11.3 Å². The van der Waals surface area contributed by atoms with E-state index in [1.807, 2.05) is 0 Å². The van der Waals surface area contributed by atoms with Gasteiger partial charge in [0.2, 0.25) is 0 Å². The average molecular weight is 186 g/mol. The molecule has 0 aliphatic heterocycles. The van der Waals surface area contributed by atoms with Gasteiger partial charge in [0.05, 0.1) is 6.61 Å². The first kappa shape index (κ1) is 9.95. The van der Waals surface area contributed by atoms with Crippen LogP contribution in [0.15, 0.2) is 18.2 Å². The highest BCUT2D eigenvalue weighted by molar-refractivity contribution is 5.29. The molecule has 0 aliphatic rings. The highest BCUT2D eigenvalue weighted by atomic mass is 19.1. The molecule has 0 unspecified atom stereocenters. The molecule has 0 saturated carbocycles. The van der Waals surface area contributed by atoms with Crippen LogP contribution in [0.5, 0.6) is 5.75 Å². The summed E-state index contributed by atoms with van der Waals surface area (Å²) in [6.45, 7) is -0.143. The number of halogens is 1. The van der Waals surface area contributed by atoms with E-state index in [1.54, 1.807) is 0 Å². The number of rotatable bonds is 4.